The van der Waals surface area contributed by atoms with Crippen LogP contribution >= 0.6 is 0 Å². The normalized spacial score (nSPS) is 11.8. The monoisotopic (exact) mass is 574 g/mol. The maximum Gasteiger partial charge on any atom is 0.299 e. The third-order valence-corrected chi connectivity index (χ3v) is 8.96. The van der Waals surface area contributed by atoms with E-state index in [0.29, 0.717) is 5.56 Å². The first-order chi connectivity index (χ1) is 21.3. The maximum absolute atomic E-state index is 9.56. The molecule has 44 heavy (non-hydrogen) atoms. The van der Waals surface area contributed by atoms with Crippen molar-refractivity contribution in [3.05, 3.63) is 119 Å². The fraction of sp³-hybridized carbons (Fsp3) is 0.200. The lowest BCUT2D eigenvalue weighted by molar-refractivity contribution is -0.633. The predicted molar refractivity (Wildman–Crippen MR) is 180 cm³/mol. The molecule has 0 aliphatic carbocycles. The highest BCUT2D eigenvalue weighted by Crippen LogP contribution is 2.43. The van der Waals surface area contributed by atoms with Gasteiger partial charge in [-0.3, -0.25) is 0 Å². The van der Waals surface area contributed by atoms with Crippen molar-refractivity contribution >= 4 is 33.0 Å². The molecule has 0 saturated carbocycles. The van der Waals surface area contributed by atoms with Gasteiger partial charge in [0.2, 0.25) is 0 Å². The van der Waals surface area contributed by atoms with Crippen LogP contribution in [0.2, 0.25) is 0 Å². The minimum atomic E-state index is 0.290. The lowest BCUT2D eigenvalue weighted by atomic mass is 9.88. The Morgan fingerprint density at radius 3 is 2.09 bits per heavy atom. The summed E-state index contributed by atoms with van der Waals surface area (Å²) in [5.41, 5.74) is 13.0. The summed E-state index contributed by atoms with van der Waals surface area (Å²) in [5.74, 6) is 1.65. The Balaban J connectivity index is 1.64. The molecule has 7 aromatic rings. The van der Waals surface area contributed by atoms with Gasteiger partial charge in [0.25, 0.3) is 5.82 Å². The predicted octanol–water partition coefficient (Wildman–Crippen LogP) is 10.1. The van der Waals surface area contributed by atoms with Crippen molar-refractivity contribution in [3.63, 3.8) is 0 Å². The molecular weight excluding hydrogens is 538 g/mol. The van der Waals surface area contributed by atoms with Gasteiger partial charge in [-0.05, 0) is 77.9 Å². The van der Waals surface area contributed by atoms with Crippen molar-refractivity contribution in [2.45, 2.75) is 46.5 Å². The van der Waals surface area contributed by atoms with Gasteiger partial charge in [-0.2, -0.15) is 9.83 Å². The van der Waals surface area contributed by atoms with Crippen molar-refractivity contribution < 1.29 is 8.98 Å². The van der Waals surface area contributed by atoms with E-state index in [-0.39, 0.29) is 11.8 Å². The van der Waals surface area contributed by atoms with E-state index in [9.17, 15) is 5.26 Å². The number of para-hydroxylation sites is 2. The molecule has 0 N–H and O–H groups in total. The number of fused-ring (bicyclic) bond motifs is 4. The van der Waals surface area contributed by atoms with Gasteiger partial charge in [-0.1, -0.05) is 82.3 Å². The number of aromatic nitrogens is 2. The summed E-state index contributed by atoms with van der Waals surface area (Å²) >= 11 is 0. The average Bonchev–Trinajstić information content (AvgIpc) is 3.54. The first-order valence-electron chi connectivity index (χ1n) is 15.4. The smallest absolute Gasteiger partial charge is 0.299 e. The van der Waals surface area contributed by atoms with E-state index in [0.717, 1.165) is 49.9 Å². The molecule has 2 heterocycles. The second kappa shape index (κ2) is 10.5. The van der Waals surface area contributed by atoms with Crippen LogP contribution in [0.4, 0.5) is 0 Å². The van der Waals surface area contributed by atoms with Gasteiger partial charge in [0.05, 0.1) is 18.7 Å². The highest BCUT2D eigenvalue weighted by molar-refractivity contribution is 6.10. The van der Waals surface area contributed by atoms with E-state index in [1.54, 1.807) is 0 Å². The van der Waals surface area contributed by atoms with Gasteiger partial charge in [-0.15, -0.1) is 0 Å². The molecule has 0 spiro atoms. The molecule has 2 aromatic heterocycles. The summed E-state index contributed by atoms with van der Waals surface area (Å²) in [6.45, 7) is 11.3. The lowest BCUT2D eigenvalue weighted by Gasteiger charge is -2.21. The van der Waals surface area contributed by atoms with Crippen molar-refractivity contribution in [1.29, 1.82) is 5.26 Å². The van der Waals surface area contributed by atoms with Crippen LogP contribution in [0.3, 0.4) is 0 Å². The van der Waals surface area contributed by atoms with Crippen LogP contribution in [0, 0.1) is 18.3 Å². The van der Waals surface area contributed by atoms with Gasteiger partial charge >= 0.3 is 0 Å². The van der Waals surface area contributed by atoms with Gasteiger partial charge < -0.3 is 4.42 Å². The van der Waals surface area contributed by atoms with Crippen LogP contribution in [0.15, 0.2) is 101 Å². The van der Waals surface area contributed by atoms with E-state index in [2.05, 4.69) is 136 Å². The zero-order valence-electron chi connectivity index (χ0n) is 26.1. The van der Waals surface area contributed by atoms with Gasteiger partial charge in [0, 0.05) is 21.9 Å². The van der Waals surface area contributed by atoms with Gasteiger partial charge in [-0.25, -0.2) is 4.57 Å². The number of furan rings is 1. The molecule has 0 radical (unpaired) electrons. The van der Waals surface area contributed by atoms with E-state index >= 15 is 0 Å². The second-order valence-corrected chi connectivity index (χ2v) is 12.4. The fourth-order valence-electron chi connectivity index (χ4n) is 6.72. The highest BCUT2D eigenvalue weighted by atomic mass is 16.3. The lowest BCUT2D eigenvalue weighted by Crippen LogP contribution is -2.30. The molecule has 4 nitrogen and oxygen atoms in total. The Morgan fingerprint density at radius 2 is 1.41 bits per heavy atom. The molecule has 0 amide bonds. The summed E-state index contributed by atoms with van der Waals surface area (Å²) in [6, 6.07) is 36.5. The molecule has 0 bridgehead atoms. The summed E-state index contributed by atoms with van der Waals surface area (Å²) in [6.07, 6.45) is 0. The van der Waals surface area contributed by atoms with E-state index in [1.807, 2.05) is 18.2 Å². The largest absolute Gasteiger partial charge is 0.455 e. The van der Waals surface area contributed by atoms with E-state index < -0.39 is 0 Å². The highest BCUT2D eigenvalue weighted by Gasteiger charge is 2.34. The van der Waals surface area contributed by atoms with Crippen LogP contribution < -0.4 is 4.57 Å². The molecule has 216 valence electrons. The zero-order valence-corrected chi connectivity index (χ0v) is 26.1. The second-order valence-electron chi connectivity index (χ2n) is 12.4. The fourth-order valence-corrected chi connectivity index (χ4v) is 6.72. The van der Waals surface area contributed by atoms with Crippen molar-refractivity contribution in [2.75, 3.05) is 0 Å². The Bertz CT molecular complexity index is 2230. The number of rotatable bonds is 5. The molecule has 0 aliphatic rings. The zero-order chi connectivity index (χ0) is 30.7. The van der Waals surface area contributed by atoms with Crippen LogP contribution in [-0.2, 0) is 7.05 Å². The molecule has 0 atom stereocenters. The number of benzene rings is 5. The number of nitriles is 1. The molecule has 0 saturated heterocycles. The number of hydrogen-bond acceptors (Lipinski definition) is 2. The van der Waals surface area contributed by atoms with Crippen molar-refractivity contribution in [1.82, 2.24) is 4.57 Å². The molecule has 7 rings (SSSR count). The average molecular weight is 575 g/mol. The topological polar surface area (TPSA) is 45.7 Å². The molecule has 0 fully saturated rings. The van der Waals surface area contributed by atoms with Crippen molar-refractivity contribution in [3.8, 4) is 34.3 Å². The van der Waals surface area contributed by atoms with Crippen LogP contribution in [0.1, 0.15) is 61.8 Å². The summed E-state index contributed by atoms with van der Waals surface area (Å²) < 4.78 is 11.4. The summed E-state index contributed by atoms with van der Waals surface area (Å²) in [7, 11) is 2.16. The number of imidazole rings is 1. The number of hydrogen-bond donors (Lipinski definition) is 0. The number of aryl methyl sites for hydroxylation is 2. The van der Waals surface area contributed by atoms with Gasteiger partial charge in [0.15, 0.2) is 16.6 Å². The standard InChI is InChI=1S/C40H36N3O/c1-24(2)32-21-29(28-12-8-7-9-13-28)22-33(25(3)4)38(32)43-35-15-11-10-14-34(35)42(6)40(43)37-26(5)16-18-31-30-19-17-27(23-41)20-36(30)44-39(31)37/h7-22,24-25H,1-6H3/q+1. The van der Waals surface area contributed by atoms with Crippen molar-refractivity contribution in [2.24, 2.45) is 7.05 Å². The quantitative estimate of drug-likeness (QED) is 0.192. The molecule has 0 unspecified atom stereocenters. The first-order valence-corrected chi connectivity index (χ1v) is 15.4. The van der Waals surface area contributed by atoms with E-state index in [4.69, 9.17) is 4.42 Å². The molecule has 0 aliphatic heterocycles. The third-order valence-electron chi connectivity index (χ3n) is 8.96. The Labute approximate surface area is 258 Å². The van der Waals surface area contributed by atoms with Crippen LogP contribution in [0.5, 0.6) is 0 Å². The summed E-state index contributed by atoms with van der Waals surface area (Å²) in [4.78, 5) is 0. The number of nitrogens with zero attached hydrogens (tertiary/aromatic N) is 3. The minimum Gasteiger partial charge on any atom is -0.455 e. The Kier molecular flexibility index (Phi) is 6.63. The molecule has 4 heteroatoms. The Morgan fingerprint density at radius 1 is 0.750 bits per heavy atom. The third kappa shape index (κ3) is 4.23. The van der Waals surface area contributed by atoms with Crippen LogP contribution in [0.25, 0.3) is 61.2 Å². The van der Waals surface area contributed by atoms with Gasteiger partial charge in [0.1, 0.15) is 16.8 Å². The van der Waals surface area contributed by atoms with E-state index in [1.165, 1.54) is 27.9 Å². The SMILES string of the molecule is Cc1ccc2c(oc3cc(C#N)ccc32)c1-c1n(-c2c(C(C)C)cc(-c3ccccc3)cc2C(C)C)c2ccccc2[n+]1C. The Hall–Kier alpha value is -5.14. The van der Waals surface area contributed by atoms with Crippen LogP contribution in [-0.4, -0.2) is 4.57 Å². The molecule has 5 aromatic carbocycles. The first kappa shape index (κ1) is 27.7. The maximum atomic E-state index is 9.56. The molecular formula is C40H36N3O+. The summed E-state index contributed by atoms with van der Waals surface area (Å²) in [5, 5.41) is 11.6. The minimum absolute atomic E-state index is 0.290.